The van der Waals surface area contributed by atoms with Crippen LogP contribution in [0.2, 0.25) is 10.0 Å². The molecule has 0 spiro atoms. The zero-order chi connectivity index (χ0) is 18.7. The highest BCUT2D eigenvalue weighted by atomic mass is 35.5. The second-order valence-corrected chi connectivity index (χ2v) is 7.39. The van der Waals surface area contributed by atoms with E-state index >= 15 is 0 Å². The number of amides is 1. The van der Waals surface area contributed by atoms with Gasteiger partial charge >= 0.3 is 0 Å². The van der Waals surface area contributed by atoms with Crippen LogP contribution in [0.15, 0.2) is 18.2 Å². The van der Waals surface area contributed by atoms with Crippen molar-refractivity contribution in [2.24, 2.45) is 0 Å². The number of aryl methyl sites for hydroxylation is 1. The van der Waals surface area contributed by atoms with Gasteiger partial charge in [-0.2, -0.15) is 10.4 Å². The van der Waals surface area contributed by atoms with Gasteiger partial charge in [0.15, 0.2) is 5.82 Å². The fourth-order valence-corrected chi connectivity index (χ4v) is 3.58. The van der Waals surface area contributed by atoms with Crippen molar-refractivity contribution in [3.8, 4) is 17.5 Å². The Morgan fingerprint density at radius 2 is 2.04 bits per heavy atom. The van der Waals surface area contributed by atoms with Crippen molar-refractivity contribution in [1.82, 2.24) is 20.1 Å². The molecular weight excluding hydrogens is 373 g/mol. The van der Waals surface area contributed by atoms with Crippen LogP contribution in [-0.4, -0.2) is 26.2 Å². The van der Waals surface area contributed by atoms with Gasteiger partial charge in [0.25, 0.3) is 0 Å². The van der Waals surface area contributed by atoms with Gasteiger partial charge in [-0.25, -0.2) is 9.67 Å². The van der Waals surface area contributed by atoms with Crippen LogP contribution in [0.25, 0.3) is 11.4 Å². The number of carbonyl (C=O) groups is 1. The summed E-state index contributed by atoms with van der Waals surface area (Å²) in [5.74, 6) is 0.831. The third-order valence-corrected chi connectivity index (χ3v) is 5.29. The molecule has 1 aromatic carbocycles. The van der Waals surface area contributed by atoms with Crippen molar-refractivity contribution in [2.75, 3.05) is 0 Å². The summed E-state index contributed by atoms with van der Waals surface area (Å²) < 4.78 is 1.53. The molecule has 0 atom stereocenters. The molecule has 8 heteroatoms. The maximum absolute atomic E-state index is 12.6. The Balaban J connectivity index is 1.81. The molecular formula is C18H19Cl2N5O. The summed E-state index contributed by atoms with van der Waals surface area (Å²) in [7, 11) is 0. The maximum Gasteiger partial charge on any atom is 0.243 e. The maximum atomic E-state index is 12.6. The molecule has 1 fully saturated rings. The molecule has 0 unspecified atom stereocenters. The molecule has 1 amide bonds. The van der Waals surface area contributed by atoms with Gasteiger partial charge in [-0.3, -0.25) is 4.79 Å². The lowest BCUT2D eigenvalue weighted by Crippen LogP contribution is -2.49. The van der Waals surface area contributed by atoms with Gasteiger partial charge in [-0.15, -0.1) is 0 Å². The quantitative estimate of drug-likeness (QED) is 0.855. The van der Waals surface area contributed by atoms with Crippen LogP contribution < -0.4 is 5.32 Å². The average molecular weight is 392 g/mol. The lowest BCUT2D eigenvalue weighted by molar-refractivity contribution is -0.123. The fraction of sp³-hybridized carbons (Fsp3) is 0.444. The van der Waals surface area contributed by atoms with E-state index < -0.39 is 5.54 Å². The first kappa shape index (κ1) is 18.7. The Labute approximate surface area is 162 Å². The van der Waals surface area contributed by atoms with E-state index in [1.54, 1.807) is 25.1 Å². The first-order chi connectivity index (χ1) is 12.4. The first-order valence-electron chi connectivity index (χ1n) is 8.52. The van der Waals surface area contributed by atoms with E-state index in [0.717, 1.165) is 24.8 Å². The number of nitriles is 1. The molecule has 1 aliphatic rings. The van der Waals surface area contributed by atoms with Crippen LogP contribution in [-0.2, 0) is 11.3 Å². The highest BCUT2D eigenvalue weighted by Gasteiger charge is 2.33. The molecule has 136 valence electrons. The number of carbonyl (C=O) groups excluding carboxylic acids is 1. The van der Waals surface area contributed by atoms with Gasteiger partial charge in [0.05, 0.1) is 16.1 Å². The molecule has 0 radical (unpaired) electrons. The summed E-state index contributed by atoms with van der Waals surface area (Å²) >= 11 is 12.1. The molecule has 6 nitrogen and oxygen atoms in total. The zero-order valence-corrected chi connectivity index (χ0v) is 15.9. The largest absolute Gasteiger partial charge is 0.336 e. The Morgan fingerprint density at radius 3 is 2.69 bits per heavy atom. The summed E-state index contributed by atoms with van der Waals surface area (Å²) in [6.07, 6.45) is 4.37. The van der Waals surface area contributed by atoms with Gasteiger partial charge in [0.2, 0.25) is 5.91 Å². The van der Waals surface area contributed by atoms with Gasteiger partial charge in [0.1, 0.15) is 17.9 Å². The van der Waals surface area contributed by atoms with Crippen molar-refractivity contribution in [3.63, 3.8) is 0 Å². The number of nitrogens with zero attached hydrogens (tertiary/aromatic N) is 4. The molecule has 3 rings (SSSR count). The number of hydrogen-bond acceptors (Lipinski definition) is 4. The van der Waals surface area contributed by atoms with E-state index in [9.17, 15) is 10.1 Å². The minimum Gasteiger partial charge on any atom is -0.336 e. The highest BCUT2D eigenvalue weighted by molar-refractivity contribution is 6.42. The van der Waals surface area contributed by atoms with Crippen LogP contribution in [0.4, 0.5) is 0 Å². The molecule has 0 saturated heterocycles. The molecule has 1 heterocycles. The number of rotatable bonds is 4. The number of hydrogen-bond donors (Lipinski definition) is 1. The van der Waals surface area contributed by atoms with Crippen LogP contribution in [0.5, 0.6) is 0 Å². The third kappa shape index (κ3) is 4.00. The standard InChI is InChI=1S/C18H19Cl2N5O/c1-12-22-17(13-5-6-14(19)15(20)9-13)25(24-12)10-16(26)23-18(11-21)7-3-2-4-8-18/h5-6,9H,2-4,7-8,10H2,1H3,(H,23,26). The lowest BCUT2D eigenvalue weighted by atomic mass is 9.83. The normalized spacial score (nSPS) is 16.1. The van der Waals surface area contributed by atoms with E-state index in [1.807, 2.05) is 0 Å². The summed E-state index contributed by atoms with van der Waals surface area (Å²) in [6.45, 7) is 1.74. The van der Waals surface area contributed by atoms with Crippen LogP contribution in [0.3, 0.4) is 0 Å². The molecule has 2 aromatic rings. The van der Waals surface area contributed by atoms with Crippen LogP contribution in [0.1, 0.15) is 37.9 Å². The minimum atomic E-state index is -0.769. The summed E-state index contributed by atoms with van der Waals surface area (Å²) in [5, 5.41) is 17.6. The van der Waals surface area contributed by atoms with Crippen molar-refractivity contribution in [2.45, 2.75) is 51.1 Å². The molecule has 0 bridgehead atoms. The molecule has 26 heavy (non-hydrogen) atoms. The summed E-state index contributed by atoms with van der Waals surface area (Å²) in [5.41, 5.74) is -0.0465. The van der Waals surface area contributed by atoms with E-state index in [4.69, 9.17) is 23.2 Å². The van der Waals surface area contributed by atoms with Crippen LogP contribution in [0, 0.1) is 18.3 Å². The van der Waals surface area contributed by atoms with Crippen molar-refractivity contribution >= 4 is 29.1 Å². The lowest BCUT2D eigenvalue weighted by Gasteiger charge is -2.31. The monoisotopic (exact) mass is 391 g/mol. The topological polar surface area (TPSA) is 83.6 Å². The predicted octanol–water partition coefficient (Wildman–Crippen LogP) is 3.90. The minimum absolute atomic E-state index is 0.0140. The fourth-order valence-electron chi connectivity index (χ4n) is 3.28. The van der Waals surface area contributed by atoms with Crippen LogP contribution >= 0.6 is 23.2 Å². The van der Waals surface area contributed by atoms with Crippen molar-refractivity contribution < 1.29 is 4.79 Å². The Kier molecular flexibility index (Phi) is 5.49. The highest BCUT2D eigenvalue weighted by Crippen LogP contribution is 2.29. The number of benzene rings is 1. The third-order valence-electron chi connectivity index (χ3n) is 4.55. The summed E-state index contributed by atoms with van der Waals surface area (Å²) in [6, 6.07) is 7.45. The molecule has 1 N–H and O–H groups in total. The Hall–Kier alpha value is -2.10. The zero-order valence-electron chi connectivity index (χ0n) is 14.4. The molecule has 1 aromatic heterocycles. The number of halogens is 2. The van der Waals surface area contributed by atoms with Gasteiger partial charge in [-0.1, -0.05) is 42.5 Å². The second kappa shape index (κ2) is 7.65. The first-order valence-corrected chi connectivity index (χ1v) is 9.27. The van der Waals surface area contributed by atoms with Gasteiger partial charge < -0.3 is 5.32 Å². The van der Waals surface area contributed by atoms with Gasteiger partial charge in [0, 0.05) is 5.56 Å². The van der Waals surface area contributed by atoms with E-state index in [-0.39, 0.29) is 12.5 Å². The van der Waals surface area contributed by atoms with E-state index in [1.165, 1.54) is 4.68 Å². The predicted molar refractivity (Wildman–Crippen MR) is 99.8 cm³/mol. The van der Waals surface area contributed by atoms with Crippen molar-refractivity contribution in [3.05, 3.63) is 34.1 Å². The Morgan fingerprint density at radius 1 is 1.31 bits per heavy atom. The second-order valence-electron chi connectivity index (χ2n) is 6.57. The van der Waals surface area contributed by atoms with Gasteiger partial charge in [-0.05, 0) is 38.0 Å². The number of nitrogens with one attached hydrogen (secondary N) is 1. The average Bonchev–Trinajstić information content (AvgIpc) is 2.98. The van der Waals surface area contributed by atoms with E-state index in [0.29, 0.717) is 34.5 Å². The SMILES string of the molecule is Cc1nc(-c2ccc(Cl)c(Cl)c2)n(CC(=O)NC2(C#N)CCCCC2)n1. The Bertz CT molecular complexity index is 865. The molecule has 1 aliphatic carbocycles. The number of aromatic nitrogens is 3. The molecule has 1 saturated carbocycles. The molecule has 0 aliphatic heterocycles. The smallest absolute Gasteiger partial charge is 0.243 e. The summed E-state index contributed by atoms with van der Waals surface area (Å²) in [4.78, 5) is 17.0. The van der Waals surface area contributed by atoms with Crippen molar-refractivity contribution in [1.29, 1.82) is 5.26 Å². The van der Waals surface area contributed by atoms with E-state index in [2.05, 4.69) is 21.5 Å².